The van der Waals surface area contributed by atoms with E-state index in [9.17, 15) is 9.50 Å². The molecule has 1 aliphatic rings. The van der Waals surface area contributed by atoms with Gasteiger partial charge in [0.25, 0.3) is 0 Å². The van der Waals surface area contributed by atoms with Gasteiger partial charge < -0.3 is 10.4 Å². The van der Waals surface area contributed by atoms with Gasteiger partial charge in [0.1, 0.15) is 5.82 Å². The average Bonchev–Trinajstić information content (AvgIpc) is 2.41. The Bertz CT molecular complexity index is 587. The van der Waals surface area contributed by atoms with Gasteiger partial charge >= 0.3 is 0 Å². The molecule has 0 radical (unpaired) electrons. The number of aliphatic hydroxyl groups excluding tert-OH is 1. The van der Waals surface area contributed by atoms with Gasteiger partial charge in [-0.3, -0.25) is 4.98 Å². The van der Waals surface area contributed by atoms with Crippen LogP contribution in [0.1, 0.15) is 25.7 Å². The lowest BCUT2D eigenvalue weighted by Gasteiger charge is -2.29. The minimum absolute atomic E-state index is 0.0735. The Hall–Kier alpha value is -1.68. The first-order chi connectivity index (χ1) is 9.24. The number of nitrogens with one attached hydrogen (secondary N) is 1. The summed E-state index contributed by atoms with van der Waals surface area (Å²) in [5, 5.41) is 14.3. The van der Waals surface area contributed by atoms with E-state index in [-0.39, 0.29) is 18.0 Å². The van der Waals surface area contributed by atoms with E-state index >= 15 is 0 Å². The number of aliphatic hydroxyl groups is 1. The fraction of sp³-hybridized carbons (Fsp3) is 0.400. The standard InChI is InChI=1S/C15H17FN2O/c16-10-5-6-11-12(7-8-17-14(11)9-10)18-13-3-1-2-4-15(13)19/h5-9,13,15,19H,1-4H2,(H,17,18)/t13-,15-/m0/s1. The molecule has 1 aromatic heterocycles. The van der Waals surface area contributed by atoms with Crippen molar-refractivity contribution in [2.24, 2.45) is 0 Å². The van der Waals surface area contributed by atoms with Gasteiger partial charge in [-0.1, -0.05) is 12.8 Å². The molecule has 0 bridgehead atoms. The van der Waals surface area contributed by atoms with Crippen molar-refractivity contribution in [3.05, 3.63) is 36.3 Å². The highest BCUT2D eigenvalue weighted by Crippen LogP contribution is 2.27. The summed E-state index contributed by atoms with van der Waals surface area (Å²) < 4.78 is 13.2. The number of aromatic nitrogens is 1. The fourth-order valence-corrected chi connectivity index (χ4v) is 2.73. The second-order valence-electron chi connectivity index (χ2n) is 5.12. The molecule has 3 nitrogen and oxygen atoms in total. The molecular formula is C15H17FN2O. The molecule has 19 heavy (non-hydrogen) atoms. The minimum Gasteiger partial charge on any atom is -0.391 e. The third kappa shape index (κ3) is 2.54. The molecule has 1 aliphatic carbocycles. The van der Waals surface area contributed by atoms with Crippen LogP contribution in [0.2, 0.25) is 0 Å². The molecule has 1 aromatic carbocycles. The van der Waals surface area contributed by atoms with Crippen LogP contribution in [-0.4, -0.2) is 22.2 Å². The Balaban J connectivity index is 1.92. The number of pyridine rings is 1. The Labute approximate surface area is 111 Å². The molecule has 0 aliphatic heterocycles. The smallest absolute Gasteiger partial charge is 0.125 e. The van der Waals surface area contributed by atoms with Crippen molar-refractivity contribution in [1.29, 1.82) is 0 Å². The van der Waals surface area contributed by atoms with Crippen LogP contribution >= 0.6 is 0 Å². The zero-order valence-corrected chi connectivity index (χ0v) is 10.6. The molecule has 1 saturated carbocycles. The van der Waals surface area contributed by atoms with Crippen molar-refractivity contribution >= 4 is 16.6 Å². The summed E-state index contributed by atoms with van der Waals surface area (Å²) in [7, 11) is 0. The Kier molecular flexibility index (Phi) is 3.34. The molecule has 2 atom stereocenters. The van der Waals surface area contributed by atoms with Gasteiger partial charge in [-0.2, -0.15) is 0 Å². The van der Waals surface area contributed by atoms with Crippen molar-refractivity contribution in [3.8, 4) is 0 Å². The predicted octanol–water partition coefficient (Wildman–Crippen LogP) is 3.09. The van der Waals surface area contributed by atoms with Crippen molar-refractivity contribution in [1.82, 2.24) is 4.98 Å². The van der Waals surface area contributed by atoms with Gasteiger partial charge in [-0.05, 0) is 31.0 Å². The highest BCUT2D eigenvalue weighted by atomic mass is 19.1. The molecule has 4 heteroatoms. The van der Waals surface area contributed by atoms with E-state index in [0.29, 0.717) is 5.52 Å². The topological polar surface area (TPSA) is 45.1 Å². The number of benzene rings is 1. The summed E-state index contributed by atoms with van der Waals surface area (Å²) in [6.07, 6.45) is 5.38. The van der Waals surface area contributed by atoms with E-state index < -0.39 is 0 Å². The maximum atomic E-state index is 13.2. The summed E-state index contributed by atoms with van der Waals surface area (Å²) in [6.45, 7) is 0. The van der Waals surface area contributed by atoms with Gasteiger partial charge in [0.15, 0.2) is 0 Å². The highest BCUT2D eigenvalue weighted by Gasteiger charge is 2.23. The van der Waals surface area contributed by atoms with E-state index in [1.807, 2.05) is 6.07 Å². The summed E-state index contributed by atoms with van der Waals surface area (Å²) in [4.78, 5) is 4.17. The first-order valence-corrected chi connectivity index (χ1v) is 6.73. The molecule has 100 valence electrons. The Morgan fingerprint density at radius 1 is 1.21 bits per heavy atom. The van der Waals surface area contributed by atoms with Crippen LogP contribution in [0.25, 0.3) is 10.9 Å². The number of anilines is 1. The second kappa shape index (κ2) is 5.13. The third-order valence-corrected chi connectivity index (χ3v) is 3.78. The van der Waals surface area contributed by atoms with Gasteiger partial charge in [0.05, 0.1) is 17.7 Å². The molecular weight excluding hydrogens is 243 g/mol. The first kappa shape index (κ1) is 12.4. The number of halogens is 1. The number of fused-ring (bicyclic) bond motifs is 1. The quantitative estimate of drug-likeness (QED) is 0.872. The molecule has 3 rings (SSSR count). The molecule has 0 spiro atoms. The molecule has 0 amide bonds. The third-order valence-electron chi connectivity index (χ3n) is 3.78. The lowest BCUT2D eigenvalue weighted by atomic mass is 9.92. The lowest BCUT2D eigenvalue weighted by molar-refractivity contribution is 0.116. The lowest BCUT2D eigenvalue weighted by Crippen LogP contribution is -2.36. The molecule has 0 unspecified atom stereocenters. The average molecular weight is 260 g/mol. The maximum Gasteiger partial charge on any atom is 0.125 e. The fourth-order valence-electron chi connectivity index (χ4n) is 2.73. The Morgan fingerprint density at radius 2 is 2.05 bits per heavy atom. The largest absolute Gasteiger partial charge is 0.391 e. The van der Waals surface area contributed by atoms with E-state index in [1.54, 1.807) is 12.3 Å². The summed E-state index contributed by atoms with van der Waals surface area (Å²) in [5.41, 5.74) is 1.55. The number of hydrogen-bond donors (Lipinski definition) is 2. The van der Waals surface area contributed by atoms with Crippen molar-refractivity contribution in [2.45, 2.75) is 37.8 Å². The SMILES string of the molecule is O[C@H]1CCCC[C@@H]1Nc1ccnc2cc(F)ccc12. The normalized spacial score (nSPS) is 23.5. The van der Waals surface area contributed by atoms with Crippen LogP contribution in [0.15, 0.2) is 30.5 Å². The van der Waals surface area contributed by atoms with E-state index in [2.05, 4.69) is 10.3 Å². The van der Waals surface area contributed by atoms with Crippen LogP contribution in [0, 0.1) is 5.82 Å². The maximum absolute atomic E-state index is 13.2. The van der Waals surface area contributed by atoms with E-state index in [4.69, 9.17) is 0 Å². The van der Waals surface area contributed by atoms with E-state index in [0.717, 1.165) is 36.8 Å². The van der Waals surface area contributed by atoms with Crippen molar-refractivity contribution < 1.29 is 9.50 Å². The molecule has 1 fully saturated rings. The number of rotatable bonds is 2. The molecule has 2 aromatic rings. The predicted molar refractivity (Wildman–Crippen MR) is 73.6 cm³/mol. The van der Waals surface area contributed by atoms with Crippen LogP contribution in [0.3, 0.4) is 0 Å². The zero-order chi connectivity index (χ0) is 13.2. The van der Waals surface area contributed by atoms with Crippen LogP contribution in [0.4, 0.5) is 10.1 Å². The summed E-state index contributed by atoms with van der Waals surface area (Å²) in [6, 6.07) is 6.55. The monoisotopic (exact) mass is 260 g/mol. The van der Waals surface area contributed by atoms with Gasteiger partial charge in [0.2, 0.25) is 0 Å². The zero-order valence-electron chi connectivity index (χ0n) is 10.6. The van der Waals surface area contributed by atoms with Crippen LogP contribution < -0.4 is 5.32 Å². The minimum atomic E-state index is -0.308. The van der Waals surface area contributed by atoms with Crippen LogP contribution in [-0.2, 0) is 0 Å². The van der Waals surface area contributed by atoms with Crippen molar-refractivity contribution in [3.63, 3.8) is 0 Å². The second-order valence-corrected chi connectivity index (χ2v) is 5.12. The molecule has 1 heterocycles. The van der Waals surface area contributed by atoms with Gasteiger partial charge in [0, 0.05) is 23.3 Å². The Morgan fingerprint density at radius 3 is 2.89 bits per heavy atom. The highest BCUT2D eigenvalue weighted by molar-refractivity contribution is 5.91. The van der Waals surface area contributed by atoms with E-state index in [1.165, 1.54) is 12.1 Å². The van der Waals surface area contributed by atoms with Crippen LogP contribution in [0.5, 0.6) is 0 Å². The number of nitrogens with zero attached hydrogens (tertiary/aromatic N) is 1. The van der Waals surface area contributed by atoms with Gasteiger partial charge in [-0.25, -0.2) is 4.39 Å². The molecule has 0 saturated heterocycles. The van der Waals surface area contributed by atoms with Crippen molar-refractivity contribution in [2.75, 3.05) is 5.32 Å². The summed E-state index contributed by atoms with van der Waals surface area (Å²) >= 11 is 0. The first-order valence-electron chi connectivity index (χ1n) is 6.73. The summed E-state index contributed by atoms with van der Waals surface area (Å²) in [5.74, 6) is -0.283. The van der Waals surface area contributed by atoms with Gasteiger partial charge in [-0.15, -0.1) is 0 Å². The molecule has 2 N–H and O–H groups in total. The number of hydrogen-bond acceptors (Lipinski definition) is 3.